The molecule has 122 valence electrons. The molecular formula is C18H22BrN3O. The molecule has 0 aliphatic carbocycles. The van der Waals surface area contributed by atoms with Crippen LogP contribution >= 0.6 is 15.9 Å². The Morgan fingerprint density at radius 1 is 1.22 bits per heavy atom. The fourth-order valence-corrected chi connectivity index (χ4v) is 2.77. The van der Waals surface area contributed by atoms with Crippen LogP contribution in [-0.2, 0) is 0 Å². The van der Waals surface area contributed by atoms with E-state index in [4.69, 9.17) is 0 Å². The standard InChI is InChI=1S/C18H22BrN3O/c1-3-4-5-9-21-18(23)17-12-14(8-10-20-17)22-16-7-6-13(2)11-15(16)19/h6-8,10-12H,3-5,9H2,1-2H3,(H,20,22)(H,21,23). The van der Waals surface area contributed by atoms with Gasteiger partial charge in [0.2, 0.25) is 0 Å². The van der Waals surface area contributed by atoms with E-state index in [1.54, 1.807) is 12.3 Å². The van der Waals surface area contributed by atoms with E-state index in [1.807, 2.05) is 31.2 Å². The third-order valence-corrected chi connectivity index (χ3v) is 4.12. The van der Waals surface area contributed by atoms with Crippen LogP contribution in [0.3, 0.4) is 0 Å². The first-order chi connectivity index (χ1) is 11.1. The van der Waals surface area contributed by atoms with Crippen LogP contribution in [0.1, 0.15) is 42.2 Å². The van der Waals surface area contributed by atoms with Gasteiger partial charge in [0.15, 0.2) is 0 Å². The van der Waals surface area contributed by atoms with Crippen molar-refractivity contribution in [1.82, 2.24) is 10.3 Å². The Morgan fingerprint density at radius 3 is 2.78 bits per heavy atom. The number of hydrogen-bond acceptors (Lipinski definition) is 3. The summed E-state index contributed by atoms with van der Waals surface area (Å²) < 4.78 is 0.986. The second-order valence-corrected chi connectivity index (χ2v) is 6.36. The molecular weight excluding hydrogens is 354 g/mol. The number of carbonyl (C=O) groups excluding carboxylic acids is 1. The van der Waals surface area contributed by atoms with Crippen molar-refractivity contribution >= 4 is 33.2 Å². The highest BCUT2D eigenvalue weighted by atomic mass is 79.9. The molecule has 1 heterocycles. The van der Waals surface area contributed by atoms with Gasteiger partial charge in [-0.1, -0.05) is 25.8 Å². The number of halogens is 1. The van der Waals surface area contributed by atoms with Crippen LogP contribution in [0.25, 0.3) is 0 Å². The largest absolute Gasteiger partial charge is 0.354 e. The zero-order valence-corrected chi connectivity index (χ0v) is 15.1. The van der Waals surface area contributed by atoms with E-state index < -0.39 is 0 Å². The number of nitrogens with one attached hydrogen (secondary N) is 2. The van der Waals surface area contributed by atoms with Crippen LogP contribution in [0.4, 0.5) is 11.4 Å². The van der Waals surface area contributed by atoms with Gasteiger partial charge in [-0.3, -0.25) is 9.78 Å². The van der Waals surface area contributed by atoms with Crippen molar-refractivity contribution in [2.24, 2.45) is 0 Å². The monoisotopic (exact) mass is 375 g/mol. The summed E-state index contributed by atoms with van der Waals surface area (Å²) in [6.07, 6.45) is 4.90. The number of pyridine rings is 1. The maximum absolute atomic E-state index is 12.1. The summed E-state index contributed by atoms with van der Waals surface area (Å²) in [5.41, 5.74) is 3.40. The average Bonchev–Trinajstić information content (AvgIpc) is 2.54. The van der Waals surface area contributed by atoms with Crippen LogP contribution in [0.5, 0.6) is 0 Å². The Kier molecular flexibility index (Phi) is 6.59. The lowest BCUT2D eigenvalue weighted by Gasteiger charge is -2.10. The molecule has 0 unspecified atom stereocenters. The van der Waals surface area contributed by atoms with Gasteiger partial charge in [0.25, 0.3) is 5.91 Å². The highest BCUT2D eigenvalue weighted by Crippen LogP contribution is 2.26. The number of carbonyl (C=O) groups is 1. The molecule has 0 atom stereocenters. The summed E-state index contributed by atoms with van der Waals surface area (Å²) in [7, 11) is 0. The number of aromatic nitrogens is 1. The number of benzene rings is 1. The number of anilines is 2. The minimum atomic E-state index is -0.132. The average molecular weight is 376 g/mol. The molecule has 0 saturated heterocycles. The van der Waals surface area contributed by atoms with E-state index in [2.05, 4.69) is 38.5 Å². The topological polar surface area (TPSA) is 54.0 Å². The van der Waals surface area contributed by atoms with Gasteiger partial charge in [-0.25, -0.2) is 0 Å². The molecule has 2 rings (SSSR count). The molecule has 0 radical (unpaired) electrons. The SMILES string of the molecule is CCCCCNC(=O)c1cc(Nc2ccc(C)cc2Br)ccn1. The van der Waals surface area contributed by atoms with Crippen LogP contribution in [0.15, 0.2) is 41.0 Å². The van der Waals surface area contributed by atoms with Crippen molar-refractivity contribution in [2.45, 2.75) is 33.1 Å². The Bertz CT molecular complexity index is 673. The highest BCUT2D eigenvalue weighted by Gasteiger charge is 2.08. The zero-order valence-electron chi connectivity index (χ0n) is 13.5. The van der Waals surface area contributed by atoms with Gasteiger partial charge in [-0.2, -0.15) is 0 Å². The molecule has 5 heteroatoms. The molecule has 23 heavy (non-hydrogen) atoms. The molecule has 1 aromatic heterocycles. The summed E-state index contributed by atoms with van der Waals surface area (Å²) in [6.45, 7) is 4.87. The minimum absolute atomic E-state index is 0.132. The van der Waals surface area contributed by atoms with Crippen molar-refractivity contribution in [3.05, 3.63) is 52.3 Å². The maximum atomic E-state index is 12.1. The molecule has 4 nitrogen and oxygen atoms in total. The Morgan fingerprint density at radius 2 is 2.04 bits per heavy atom. The molecule has 0 bridgehead atoms. The first-order valence-electron chi connectivity index (χ1n) is 7.87. The number of unbranched alkanes of at least 4 members (excludes halogenated alkanes) is 2. The predicted molar refractivity (Wildman–Crippen MR) is 98.3 cm³/mol. The lowest BCUT2D eigenvalue weighted by Crippen LogP contribution is -2.25. The molecule has 0 aliphatic rings. The zero-order chi connectivity index (χ0) is 16.7. The van der Waals surface area contributed by atoms with Gasteiger partial charge in [0.05, 0.1) is 5.69 Å². The predicted octanol–water partition coefficient (Wildman–Crippen LogP) is 4.82. The summed E-state index contributed by atoms with van der Waals surface area (Å²) in [4.78, 5) is 16.3. The van der Waals surface area contributed by atoms with E-state index in [0.717, 1.165) is 35.1 Å². The Hall–Kier alpha value is -1.88. The molecule has 0 spiro atoms. The molecule has 1 aromatic carbocycles. The van der Waals surface area contributed by atoms with Gasteiger partial charge >= 0.3 is 0 Å². The lowest BCUT2D eigenvalue weighted by molar-refractivity contribution is 0.0948. The third kappa shape index (κ3) is 5.36. The summed E-state index contributed by atoms with van der Waals surface area (Å²) in [5.74, 6) is -0.132. The van der Waals surface area contributed by atoms with E-state index in [9.17, 15) is 4.79 Å². The number of amides is 1. The van der Waals surface area contributed by atoms with E-state index >= 15 is 0 Å². The van der Waals surface area contributed by atoms with E-state index in [0.29, 0.717) is 12.2 Å². The molecule has 0 fully saturated rings. The second kappa shape index (κ2) is 8.67. The summed E-state index contributed by atoms with van der Waals surface area (Å²) in [6, 6.07) is 9.70. The summed E-state index contributed by atoms with van der Waals surface area (Å²) in [5, 5.41) is 6.21. The van der Waals surface area contributed by atoms with Gasteiger partial charge in [0.1, 0.15) is 5.69 Å². The number of rotatable bonds is 7. The fourth-order valence-electron chi connectivity index (χ4n) is 2.18. The van der Waals surface area contributed by atoms with Crippen LogP contribution in [0.2, 0.25) is 0 Å². The molecule has 2 N–H and O–H groups in total. The Balaban J connectivity index is 2.03. The molecule has 0 aliphatic heterocycles. The van der Waals surface area contributed by atoms with Crippen molar-refractivity contribution < 1.29 is 4.79 Å². The first-order valence-corrected chi connectivity index (χ1v) is 8.67. The van der Waals surface area contributed by atoms with Crippen LogP contribution in [-0.4, -0.2) is 17.4 Å². The summed E-state index contributed by atoms with van der Waals surface area (Å²) >= 11 is 3.54. The Labute approximate surface area is 145 Å². The van der Waals surface area contributed by atoms with Crippen molar-refractivity contribution in [2.75, 3.05) is 11.9 Å². The number of nitrogens with zero attached hydrogens (tertiary/aromatic N) is 1. The van der Waals surface area contributed by atoms with Crippen LogP contribution in [0, 0.1) is 6.92 Å². The smallest absolute Gasteiger partial charge is 0.269 e. The van der Waals surface area contributed by atoms with Gasteiger partial charge < -0.3 is 10.6 Å². The maximum Gasteiger partial charge on any atom is 0.269 e. The number of aryl methyl sites for hydroxylation is 1. The lowest BCUT2D eigenvalue weighted by atomic mass is 10.2. The van der Waals surface area contributed by atoms with Crippen molar-refractivity contribution in [3.8, 4) is 0 Å². The first kappa shape index (κ1) is 17.5. The second-order valence-electron chi connectivity index (χ2n) is 5.50. The quantitative estimate of drug-likeness (QED) is 0.682. The van der Waals surface area contributed by atoms with E-state index in [-0.39, 0.29) is 5.91 Å². The van der Waals surface area contributed by atoms with Gasteiger partial charge in [0, 0.05) is 22.9 Å². The molecule has 2 aromatic rings. The van der Waals surface area contributed by atoms with Gasteiger partial charge in [-0.05, 0) is 59.1 Å². The van der Waals surface area contributed by atoms with Crippen molar-refractivity contribution in [1.29, 1.82) is 0 Å². The highest BCUT2D eigenvalue weighted by molar-refractivity contribution is 9.10. The van der Waals surface area contributed by atoms with Crippen molar-refractivity contribution in [3.63, 3.8) is 0 Å². The fraction of sp³-hybridized carbons (Fsp3) is 0.333. The third-order valence-electron chi connectivity index (χ3n) is 3.46. The molecule has 0 saturated carbocycles. The van der Waals surface area contributed by atoms with Gasteiger partial charge in [-0.15, -0.1) is 0 Å². The number of hydrogen-bond donors (Lipinski definition) is 2. The van der Waals surface area contributed by atoms with E-state index in [1.165, 1.54) is 5.56 Å². The molecule has 1 amide bonds. The normalized spacial score (nSPS) is 10.4. The minimum Gasteiger partial charge on any atom is -0.354 e. The van der Waals surface area contributed by atoms with Crippen LogP contribution < -0.4 is 10.6 Å².